The molecule has 0 aromatic carbocycles. The van der Waals surface area contributed by atoms with E-state index in [9.17, 15) is 4.79 Å². The Bertz CT molecular complexity index is 593. The molecule has 134 valence electrons. The van der Waals surface area contributed by atoms with E-state index in [1.54, 1.807) is 0 Å². The highest BCUT2D eigenvalue weighted by Gasteiger charge is 2.52. The molecule has 0 N–H and O–H groups in total. The molecule has 3 aliphatic carbocycles. The first-order chi connectivity index (χ1) is 11.1. The number of rotatable bonds is 2. The van der Waals surface area contributed by atoms with Crippen LogP contribution in [0.3, 0.4) is 0 Å². The second-order valence-corrected chi connectivity index (χ2v) is 9.71. The Kier molecular flexibility index (Phi) is 4.25. The molecule has 3 atom stereocenters. The van der Waals surface area contributed by atoms with Gasteiger partial charge in [0.15, 0.2) is 0 Å². The summed E-state index contributed by atoms with van der Waals surface area (Å²) in [5, 5.41) is 0. The van der Waals surface area contributed by atoms with Gasteiger partial charge in [-0.3, -0.25) is 4.79 Å². The lowest BCUT2D eigenvalue weighted by Crippen LogP contribution is -2.49. The van der Waals surface area contributed by atoms with Gasteiger partial charge in [0.25, 0.3) is 0 Å². The largest absolute Gasteiger partial charge is 0.455 e. The first-order valence-electron chi connectivity index (χ1n) is 9.67. The number of hydrogen-bond acceptors (Lipinski definition) is 2. The first kappa shape index (κ1) is 17.8. The van der Waals surface area contributed by atoms with Gasteiger partial charge >= 0.3 is 5.97 Å². The van der Waals surface area contributed by atoms with E-state index >= 15 is 0 Å². The van der Waals surface area contributed by atoms with Crippen LogP contribution in [0.2, 0.25) is 0 Å². The van der Waals surface area contributed by atoms with E-state index in [0.29, 0.717) is 16.7 Å². The van der Waals surface area contributed by atoms with E-state index in [2.05, 4.69) is 32.9 Å². The molecule has 0 unspecified atom stereocenters. The zero-order valence-electron chi connectivity index (χ0n) is 16.4. The number of esters is 1. The maximum Gasteiger partial charge on any atom is 0.303 e. The van der Waals surface area contributed by atoms with E-state index in [4.69, 9.17) is 4.74 Å². The maximum absolute atomic E-state index is 11.4. The number of ether oxygens (including phenoxy) is 1. The van der Waals surface area contributed by atoms with Crippen molar-refractivity contribution in [3.63, 3.8) is 0 Å². The average molecular weight is 331 g/mol. The summed E-state index contributed by atoms with van der Waals surface area (Å²) in [6.07, 6.45) is 12.4. The van der Waals surface area contributed by atoms with Gasteiger partial charge in [0.2, 0.25) is 0 Å². The summed E-state index contributed by atoms with van der Waals surface area (Å²) in [6.45, 7) is 13.1. The molecule has 0 aliphatic heterocycles. The molecular formula is C22H34O2. The molecule has 2 heteroatoms. The summed E-state index contributed by atoms with van der Waals surface area (Å²) in [5.41, 5.74) is 3.18. The number of carbonyl (C=O) groups is 1. The molecule has 24 heavy (non-hydrogen) atoms. The van der Waals surface area contributed by atoms with Gasteiger partial charge < -0.3 is 4.74 Å². The van der Waals surface area contributed by atoms with Crippen molar-refractivity contribution in [3.05, 3.63) is 23.3 Å². The highest BCUT2D eigenvalue weighted by atomic mass is 16.6. The lowest BCUT2D eigenvalue weighted by Gasteiger charge is -2.57. The number of fused-ring (bicyclic) bond motifs is 3. The lowest BCUT2D eigenvalue weighted by atomic mass is 9.47. The Morgan fingerprint density at radius 3 is 2.62 bits per heavy atom. The fraction of sp³-hybridized carbons (Fsp3) is 0.773. The monoisotopic (exact) mass is 330 g/mol. The second kappa shape index (κ2) is 5.75. The summed E-state index contributed by atoms with van der Waals surface area (Å²) >= 11 is 0. The van der Waals surface area contributed by atoms with Crippen molar-refractivity contribution in [2.24, 2.45) is 22.7 Å². The minimum Gasteiger partial charge on any atom is -0.455 e. The second-order valence-electron chi connectivity index (χ2n) is 9.71. The van der Waals surface area contributed by atoms with Crippen molar-refractivity contribution in [2.75, 3.05) is 0 Å². The van der Waals surface area contributed by atoms with Gasteiger partial charge in [0, 0.05) is 6.92 Å². The Morgan fingerprint density at radius 2 is 1.96 bits per heavy atom. The Balaban J connectivity index is 1.92. The number of carbonyl (C=O) groups excluding carboxylic acids is 1. The van der Waals surface area contributed by atoms with E-state index in [1.807, 2.05) is 13.8 Å². The van der Waals surface area contributed by atoms with Crippen LogP contribution in [0.5, 0.6) is 0 Å². The fourth-order valence-corrected chi connectivity index (χ4v) is 6.08. The van der Waals surface area contributed by atoms with E-state index < -0.39 is 5.60 Å². The van der Waals surface area contributed by atoms with Gasteiger partial charge in [-0.1, -0.05) is 39.3 Å². The third kappa shape index (κ3) is 2.86. The molecule has 0 radical (unpaired) electrons. The highest BCUT2D eigenvalue weighted by Crippen LogP contribution is 2.61. The minimum absolute atomic E-state index is 0.193. The van der Waals surface area contributed by atoms with Crippen LogP contribution in [-0.2, 0) is 9.53 Å². The predicted molar refractivity (Wildman–Crippen MR) is 98.6 cm³/mol. The quantitative estimate of drug-likeness (QED) is 0.596. The molecule has 2 nitrogen and oxygen atoms in total. The third-order valence-corrected chi connectivity index (χ3v) is 7.28. The molecule has 3 rings (SSSR count). The van der Waals surface area contributed by atoms with E-state index in [-0.39, 0.29) is 5.97 Å². The molecule has 0 amide bonds. The van der Waals surface area contributed by atoms with E-state index in [1.165, 1.54) is 50.2 Å². The van der Waals surface area contributed by atoms with Crippen LogP contribution in [0.25, 0.3) is 0 Å². The predicted octanol–water partition coefficient (Wildman–Crippen LogP) is 5.83. The molecule has 3 aliphatic rings. The Hall–Kier alpha value is -1.05. The standard InChI is InChI=1S/C22H34O2/c1-15(23)24-21(4,5)17-9-10-18-16(14-17)8-11-19-20(2,3)12-7-13-22(18,19)6/h8,14,18-19H,7,9-13H2,1-6H3/t18-,19-,22+/m0/s1. The SMILES string of the molecule is CC(=O)OC(C)(C)C1=CC2=CC[C@H]3C(C)(C)CCC[C@]3(C)[C@H]2CC1. The third-order valence-electron chi connectivity index (χ3n) is 7.28. The van der Waals surface area contributed by atoms with Crippen molar-refractivity contribution in [1.82, 2.24) is 0 Å². The molecule has 0 heterocycles. The van der Waals surface area contributed by atoms with Crippen molar-refractivity contribution in [2.45, 2.75) is 85.7 Å². The van der Waals surface area contributed by atoms with Crippen LogP contribution in [0, 0.1) is 22.7 Å². The Morgan fingerprint density at radius 1 is 1.25 bits per heavy atom. The van der Waals surface area contributed by atoms with Crippen LogP contribution in [0.1, 0.15) is 80.1 Å². The van der Waals surface area contributed by atoms with Crippen molar-refractivity contribution in [1.29, 1.82) is 0 Å². The summed E-state index contributed by atoms with van der Waals surface area (Å²) in [7, 11) is 0. The molecule has 1 saturated carbocycles. The van der Waals surface area contributed by atoms with Crippen LogP contribution in [0.4, 0.5) is 0 Å². The van der Waals surface area contributed by atoms with Gasteiger partial charge in [0.05, 0.1) is 0 Å². The van der Waals surface area contributed by atoms with Gasteiger partial charge in [-0.05, 0) is 79.8 Å². The van der Waals surface area contributed by atoms with Gasteiger partial charge in [-0.15, -0.1) is 0 Å². The van der Waals surface area contributed by atoms with Crippen molar-refractivity contribution >= 4 is 5.97 Å². The van der Waals surface area contributed by atoms with Crippen LogP contribution < -0.4 is 0 Å². The zero-order valence-corrected chi connectivity index (χ0v) is 16.4. The minimum atomic E-state index is -0.485. The molecule has 0 spiro atoms. The first-order valence-corrected chi connectivity index (χ1v) is 9.67. The number of hydrogen-bond donors (Lipinski definition) is 0. The maximum atomic E-state index is 11.4. The molecule has 0 aromatic heterocycles. The van der Waals surface area contributed by atoms with Gasteiger partial charge in [0.1, 0.15) is 5.60 Å². The van der Waals surface area contributed by atoms with Gasteiger partial charge in [-0.2, -0.15) is 0 Å². The zero-order chi connectivity index (χ0) is 17.8. The highest BCUT2D eigenvalue weighted by molar-refractivity contribution is 5.67. The van der Waals surface area contributed by atoms with Crippen LogP contribution in [-0.4, -0.2) is 11.6 Å². The van der Waals surface area contributed by atoms with Crippen molar-refractivity contribution < 1.29 is 9.53 Å². The molecular weight excluding hydrogens is 296 g/mol. The van der Waals surface area contributed by atoms with Crippen LogP contribution >= 0.6 is 0 Å². The molecule has 0 aromatic rings. The normalized spacial score (nSPS) is 35.2. The molecule has 0 saturated heterocycles. The summed E-state index contributed by atoms with van der Waals surface area (Å²) in [5.74, 6) is 1.28. The molecule has 1 fully saturated rings. The molecule has 0 bridgehead atoms. The smallest absolute Gasteiger partial charge is 0.303 e. The van der Waals surface area contributed by atoms with Gasteiger partial charge in [-0.25, -0.2) is 0 Å². The summed E-state index contributed by atoms with van der Waals surface area (Å²) in [4.78, 5) is 11.4. The van der Waals surface area contributed by atoms with Crippen LogP contribution in [0.15, 0.2) is 23.3 Å². The van der Waals surface area contributed by atoms with E-state index in [0.717, 1.165) is 12.3 Å². The summed E-state index contributed by atoms with van der Waals surface area (Å²) < 4.78 is 5.59. The lowest BCUT2D eigenvalue weighted by molar-refractivity contribution is -0.150. The topological polar surface area (TPSA) is 26.3 Å². The fourth-order valence-electron chi connectivity index (χ4n) is 6.08. The van der Waals surface area contributed by atoms with Crippen molar-refractivity contribution in [3.8, 4) is 0 Å². The number of allylic oxidation sites excluding steroid dienone is 3. The Labute approximate surface area is 147 Å². The summed E-state index contributed by atoms with van der Waals surface area (Å²) in [6, 6.07) is 0. The average Bonchev–Trinajstić information content (AvgIpc) is 2.44.